The smallest absolute Gasteiger partial charge is 0.121 e. The molecule has 0 saturated heterocycles. The summed E-state index contributed by atoms with van der Waals surface area (Å²) in [5.41, 5.74) is 0. The third kappa shape index (κ3) is 2.75. The standard InChI is InChI=1S/C10H16ClNO/c1-8-4-5-10(13-8)9(6-7-11)12(2)3/h4-5,9H,6-7H2,1-3H3. The van der Waals surface area contributed by atoms with Gasteiger partial charge in [0.1, 0.15) is 11.5 Å². The second kappa shape index (κ2) is 4.68. The first-order chi connectivity index (χ1) is 6.15. The Morgan fingerprint density at radius 3 is 2.54 bits per heavy atom. The van der Waals surface area contributed by atoms with E-state index in [0.717, 1.165) is 17.9 Å². The van der Waals surface area contributed by atoms with Crippen LogP contribution in [0.25, 0.3) is 0 Å². The van der Waals surface area contributed by atoms with Crippen molar-refractivity contribution in [1.29, 1.82) is 0 Å². The Hall–Kier alpha value is -0.470. The van der Waals surface area contributed by atoms with Gasteiger partial charge in [-0.05, 0) is 39.6 Å². The lowest BCUT2D eigenvalue weighted by molar-refractivity contribution is 0.250. The molecule has 13 heavy (non-hydrogen) atoms. The fourth-order valence-electron chi connectivity index (χ4n) is 1.39. The zero-order valence-corrected chi connectivity index (χ0v) is 9.14. The summed E-state index contributed by atoms with van der Waals surface area (Å²) in [4.78, 5) is 2.13. The van der Waals surface area contributed by atoms with Crippen molar-refractivity contribution in [2.75, 3.05) is 20.0 Å². The van der Waals surface area contributed by atoms with E-state index in [0.29, 0.717) is 11.9 Å². The van der Waals surface area contributed by atoms with Gasteiger partial charge in [-0.1, -0.05) is 0 Å². The van der Waals surface area contributed by atoms with Gasteiger partial charge in [0.25, 0.3) is 0 Å². The number of aryl methyl sites for hydroxylation is 1. The Labute approximate surface area is 84.5 Å². The van der Waals surface area contributed by atoms with Crippen LogP contribution in [0.3, 0.4) is 0 Å². The minimum atomic E-state index is 0.297. The summed E-state index contributed by atoms with van der Waals surface area (Å²) in [6.07, 6.45) is 0.918. The summed E-state index contributed by atoms with van der Waals surface area (Å²) in [5, 5.41) is 0. The quantitative estimate of drug-likeness (QED) is 0.697. The van der Waals surface area contributed by atoms with Gasteiger partial charge in [0, 0.05) is 5.88 Å². The fraction of sp³-hybridized carbons (Fsp3) is 0.600. The van der Waals surface area contributed by atoms with Gasteiger partial charge in [-0.15, -0.1) is 11.6 Å². The lowest BCUT2D eigenvalue weighted by atomic mass is 10.1. The molecule has 0 bridgehead atoms. The topological polar surface area (TPSA) is 16.4 Å². The van der Waals surface area contributed by atoms with Gasteiger partial charge in [-0.3, -0.25) is 4.90 Å². The van der Waals surface area contributed by atoms with Crippen molar-refractivity contribution in [3.05, 3.63) is 23.7 Å². The molecule has 1 aromatic heterocycles. The van der Waals surface area contributed by atoms with Crippen LogP contribution < -0.4 is 0 Å². The van der Waals surface area contributed by atoms with E-state index < -0.39 is 0 Å². The highest BCUT2D eigenvalue weighted by Gasteiger charge is 2.16. The molecule has 0 aromatic carbocycles. The molecule has 0 radical (unpaired) electrons. The van der Waals surface area contributed by atoms with E-state index in [2.05, 4.69) is 4.90 Å². The Bertz CT molecular complexity index is 257. The molecule has 0 aliphatic rings. The molecule has 0 aliphatic carbocycles. The van der Waals surface area contributed by atoms with Crippen LogP contribution in [0.15, 0.2) is 16.5 Å². The molecule has 0 amide bonds. The number of halogens is 1. The maximum atomic E-state index is 5.73. The summed E-state index contributed by atoms with van der Waals surface area (Å²) < 4.78 is 5.56. The fourth-order valence-corrected chi connectivity index (χ4v) is 1.60. The third-order valence-corrected chi connectivity index (χ3v) is 2.31. The first kappa shape index (κ1) is 10.6. The zero-order chi connectivity index (χ0) is 9.84. The predicted octanol–water partition coefficient (Wildman–Crippen LogP) is 2.82. The van der Waals surface area contributed by atoms with Crippen molar-refractivity contribution < 1.29 is 4.42 Å². The number of hydrogen-bond donors (Lipinski definition) is 0. The second-order valence-electron chi connectivity index (χ2n) is 3.41. The summed E-state index contributed by atoms with van der Waals surface area (Å²) in [6.45, 7) is 1.96. The average molecular weight is 202 g/mol. The van der Waals surface area contributed by atoms with Crippen LogP contribution in [-0.4, -0.2) is 24.9 Å². The Kier molecular flexibility index (Phi) is 3.82. The van der Waals surface area contributed by atoms with Crippen LogP contribution in [0, 0.1) is 6.92 Å². The number of nitrogens with zero attached hydrogens (tertiary/aromatic N) is 1. The molecule has 0 spiro atoms. The van der Waals surface area contributed by atoms with Crippen LogP contribution >= 0.6 is 11.6 Å². The number of rotatable bonds is 4. The summed E-state index contributed by atoms with van der Waals surface area (Å²) in [5.74, 6) is 2.61. The molecule has 1 unspecified atom stereocenters. The summed E-state index contributed by atoms with van der Waals surface area (Å²) in [7, 11) is 4.07. The molecule has 0 saturated carbocycles. The first-order valence-corrected chi connectivity index (χ1v) is 4.97. The molecule has 0 N–H and O–H groups in total. The Morgan fingerprint density at radius 2 is 2.15 bits per heavy atom. The van der Waals surface area contributed by atoms with E-state index >= 15 is 0 Å². The van der Waals surface area contributed by atoms with E-state index in [4.69, 9.17) is 16.0 Å². The molecule has 1 atom stereocenters. The maximum Gasteiger partial charge on any atom is 0.121 e. The van der Waals surface area contributed by atoms with Crippen molar-refractivity contribution in [3.63, 3.8) is 0 Å². The molecule has 1 aromatic rings. The van der Waals surface area contributed by atoms with Crippen molar-refractivity contribution in [2.24, 2.45) is 0 Å². The molecule has 3 heteroatoms. The van der Waals surface area contributed by atoms with E-state index in [9.17, 15) is 0 Å². The van der Waals surface area contributed by atoms with Crippen molar-refractivity contribution >= 4 is 11.6 Å². The van der Waals surface area contributed by atoms with Crippen LogP contribution in [0.2, 0.25) is 0 Å². The van der Waals surface area contributed by atoms with Crippen LogP contribution in [0.4, 0.5) is 0 Å². The minimum absolute atomic E-state index is 0.297. The van der Waals surface area contributed by atoms with Gasteiger partial charge in [0.05, 0.1) is 6.04 Å². The zero-order valence-electron chi connectivity index (χ0n) is 8.38. The summed E-state index contributed by atoms with van der Waals surface area (Å²) >= 11 is 5.73. The first-order valence-electron chi connectivity index (χ1n) is 4.44. The number of furan rings is 1. The van der Waals surface area contributed by atoms with Gasteiger partial charge >= 0.3 is 0 Å². The van der Waals surface area contributed by atoms with Gasteiger partial charge in [-0.2, -0.15) is 0 Å². The lowest BCUT2D eigenvalue weighted by Crippen LogP contribution is -2.19. The van der Waals surface area contributed by atoms with Gasteiger partial charge in [0.2, 0.25) is 0 Å². The average Bonchev–Trinajstić information content (AvgIpc) is 2.46. The second-order valence-corrected chi connectivity index (χ2v) is 3.78. The van der Waals surface area contributed by atoms with Crippen LogP contribution in [0.1, 0.15) is 24.0 Å². The summed E-state index contributed by atoms with van der Waals surface area (Å²) in [6, 6.07) is 4.30. The van der Waals surface area contributed by atoms with Gasteiger partial charge in [-0.25, -0.2) is 0 Å². The lowest BCUT2D eigenvalue weighted by Gasteiger charge is -2.21. The van der Waals surface area contributed by atoms with E-state index in [1.165, 1.54) is 0 Å². The Balaban J connectivity index is 2.75. The van der Waals surface area contributed by atoms with E-state index in [1.807, 2.05) is 33.2 Å². The highest BCUT2D eigenvalue weighted by molar-refractivity contribution is 6.17. The highest BCUT2D eigenvalue weighted by Crippen LogP contribution is 2.24. The highest BCUT2D eigenvalue weighted by atomic mass is 35.5. The molecule has 1 rings (SSSR count). The van der Waals surface area contributed by atoms with E-state index in [-0.39, 0.29) is 0 Å². The minimum Gasteiger partial charge on any atom is -0.465 e. The number of alkyl halides is 1. The SMILES string of the molecule is Cc1ccc(C(CCCl)N(C)C)o1. The van der Waals surface area contributed by atoms with Crippen LogP contribution in [0.5, 0.6) is 0 Å². The normalized spacial score (nSPS) is 13.6. The van der Waals surface area contributed by atoms with Crippen molar-refractivity contribution in [1.82, 2.24) is 4.90 Å². The molecule has 2 nitrogen and oxygen atoms in total. The molecule has 0 aliphatic heterocycles. The monoisotopic (exact) mass is 201 g/mol. The van der Waals surface area contributed by atoms with Crippen LogP contribution in [-0.2, 0) is 0 Å². The largest absolute Gasteiger partial charge is 0.465 e. The van der Waals surface area contributed by atoms with Crippen molar-refractivity contribution in [3.8, 4) is 0 Å². The van der Waals surface area contributed by atoms with Gasteiger partial charge < -0.3 is 4.42 Å². The molecular weight excluding hydrogens is 186 g/mol. The van der Waals surface area contributed by atoms with E-state index in [1.54, 1.807) is 0 Å². The third-order valence-electron chi connectivity index (χ3n) is 2.10. The molecule has 74 valence electrons. The molecule has 0 fully saturated rings. The molecular formula is C10H16ClNO. The predicted molar refractivity (Wildman–Crippen MR) is 55.2 cm³/mol. The van der Waals surface area contributed by atoms with Gasteiger partial charge in [0.15, 0.2) is 0 Å². The number of hydrogen-bond acceptors (Lipinski definition) is 2. The Morgan fingerprint density at radius 1 is 1.46 bits per heavy atom. The molecule has 1 heterocycles. The maximum absolute atomic E-state index is 5.73. The van der Waals surface area contributed by atoms with Crippen molar-refractivity contribution in [2.45, 2.75) is 19.4 Å².